The van der Waals surface area contributed by atoms with Crippen LogP contribution in [0.4, 0.5) is 0 Å². The zero-order valence-corrected chi connectivity index (χ0v) is 27.3. The van der Waals surface area contributed by atoms with Gasteiger partial charge in [-0.1, -0.05) is 38.1 Å². The minimum Gasteiger partial charge on any atom is -0.481 e. The van der Waals surface area contributed by atoms with Crippen molar-refractivity contribution in [1.82, 2.24) is 34.6 Å². The van der Waals surface area contributed by atoms with Crippen LogP contribution in [0.15, 0.2) is 49.1 Å². The minimum absolute atomic E-state index is 0.0226. The molecule has 4 heterocycles. The molecule has 1 unspecified atom stereocenters. The van der Waals surface area contributed by atoms with Crippen LogP contribution < -0.4 is 5.32 Å². The van der Waals surface area contributed by atoms with Crippen molar-refractivity contribution >= 4 is 5.97 Å². The molecule has 1 spiro atoms. The number of nitrogens with one attached hydrogen (secondary N) is 2. The summed E-state index contributed by atoms with van der Waals surface area (Å²) in [6.45, 7) is 15.9. The van der Waals surface area contributed by atoms with Gasteiger partial charge in [0.25, 0.3) is 0 Å². The number of rotatable bonds is 15. The van der Waals surface area contributed by atoms with Gasteiger partial charge < -0.3 is 29.8 Å². The SMILES string of the molecule is CCC(CC)N1CCC2(CCN(CCCn3ccnc3CC(NCc3ccc(C(C)(C)C(=O)O)cc3)c3ncc[nH]3)C2)CC1. The zero-order chi connectivity index (χ0) is 31.2. The van der Waals surface area contributed by atoms with E-state index in [0.717, 1.165) is 54.7 Å². The van der Waals surface area contributed by atoms with Gasteiger partial charge in [0, 0.05) is 56.9 Å². The standard InChI is InChI=1S/C35H53N7O2/c1-5-29(6-2)41-21-13-35(14-22-41)12-20-40(26-35)18-7-19-42-23-17-36-31(42)24-30(32-37-15-16-38-32)39-25-27-8-10-28(11-9-27)34(3,4)33(43)44/h8-11,15-17,23,29-30,39H,5-7,12-14,18-22,24-26H2,1-4H3,(H,37,38)(H,43,44). The summed E-state index contributed by atoms with van der Waals surface area (Å²) in [5.74, 6) is 1.12. The lowest BCUT2D eigenvalue weighted by Gasteiger charge is -2.42. The molecule has 2 aliphatic heterocycles. The van der Waals surface area contributed by atoms with Crippen molar-refractivity contribution in [2.24, 2.45) is 5.41 Å². The normalized spacial score (nSPS) is 18.4. The van der Waals surface area contributed by atoms with Crippen molar-refractivity contribution in [2.45, 2.75) is 103 Å². The first kappa shape index (κ1) is 32.4. The fourth-order valence-electron chi connectivity index (χ4n) is 7.31. The van der Waals surface area contributed by atoms with Gasteiger partial charge in [0.15, 0.2) is 0 Å². The van der Waals surface area contributed by atoms with Crippen LogP contribution in [0, 0.1) is 5.41 Å². The Kier molecular flexibility index (Phi) is 10.6. The summed E-state index contributed by atoms with van der Waals surface area (Å²) in [7, 11) is 0. The van der Waals surface area contributed by atoms with E-state index < -0.39 is 11.4 Å². The van der Waals surface area contributed by atoms with Gasteiger partial charge in [0.2, 0.25) is 0 Å². The molecule has 1 atom stereocenters. The summed E-state index contributed by atoms with van der Waals surface area (Å²) < 4.78 is 2.31. The Hall–Kier alpha value is -3.01. The average molecular weight is 604 g/mol. The molecule has 0 radical (unpaired) electrons. The first-order valence-electron chi connectivity index (χ1n) is 16.7. The number of piperidine rings is 1. The van der Waals surface area contributed by atoms with Crippen molar-refractivity contribution < 1.29 is 9.90 Å². The number of hydrogen-bond donors (Lipinski definition) is 3. The number of likely N-dealkylation sites (tertiary alicyclic amines) is 2. The Labute approximate surface area is 263 Å². The van der Waals surface area contributed by atoms with Crippen molar-refractivity contribution in [3.05, 3.63) is 71.8 Å². The number of carboxylic acid groups (broad SMARTS) is 1. The van der Waals surface area contributed by atoms with E-state index in [0.29, 0.717) is 12.0 Å². The monoisotopic (exact) mass is 603 g/mol. The molecule has 2 aliphatic rings. The van der Waals surface area contributed by atoms with Crippen LogP contribution in [-0.2, 0) is 29.7 Å². The number of imidazole rings is 2. The molecule has 2 aromatic heterocycles. The van der Waals surface area contributed by atoms with Crippen LogP contribution in [-0.4, -0.2) is 79.2 Å². The molecule has 240 valence electrons. The molecule has 0 aliphatic carbocycles. The molecule has 0 saturated carbocycles. The molecule has 1 aromatic carbocycles. The molecule has 2 saturated heterocycles. The maximum absolute atomic E-state index is 11.6. The predicted octanol–water partition coefficient (Wildman–Crippen LogP) is 5.41. The number of H-pyrrole nitrogens is 1. The topological polar surface area (TPSA) is 102 Å². The highest BCUT2D eigenvalue weighted by atomic mass is 16.4. The molecule has 44 heavy (non-hydrogen) atoms. The number of aromatic nitrogens is 4. The van der Waals surface area contributed by atoms with E-state index >= 15 is 0 Å². The second-order valence-electron chi connectivity index (χ2n) is 13.7. The summed E-state index contributed by atoms with van der Waals surface area (Å²) in [5.41, 5.74) is 1.52. The number of carbonyl (C=O) groups is 1. The number of aryl methyl sites for hydroxylation is 1. The molecular weight excluding hydrogens is 550 g/mol. The van der Waals surface area contributed by atoms with Gasteiger partial charge in [0.1, 0.15) is 11.6 Å². The van der Waals surface area contributed by atoms with Crippen molar-refractivity contribution in [2.75, 3.05) is 32.7 Å². The van der Waals surface area contributed by atoms with Gasteiger partial charge >= 0.3 is 5.97 Å². The quantitative estimate of drug-likeness (QED) is 0.214. The summed E-state index contributed by atoms with van der Waals surface area (Å²) in [4.78, 5) is 29.7. The van der Waals surface area contributed by atoms with E-state index in [2.05, 4.69) is 49.7 Å². The molecule has 5 rings (SSSR count). The van der Waals surface area contributed by atoms with Crippen LogP contribution in [0.25, 0.3) is 0 Å². The number of nitrogens with zero attached hydrogens (tertiary/aromatic N) is 5. The van der Waals surface area contributed by atoms with Crippen molar-refractivity contribution in [3.63, 3.8) is 0 Å². The van der Waals surface area contributed by atoms with Gasteiger partial charge in [-0.2, -0.15) is 0 Å². The first-order valence-corrected chi connectivity index (χ1v) is 16.7. The van der Waals surface area contributed by atoms with Gasteiger partial charge in [-0.15, -0.1) is 0 Å². The Bertz CT molecular complexity index is 1310. The fraction of sp³-hybridized carbons (Fsp3) is 0.629. The van der Waals surface area contributed by atoms with Crippen LogP contribution in [0.3, 0.4) is 0 Å². The Morgan fingerprint density at radius 3 is 2.43 bits per heavy atom. The predicted molar refractivity (Wildman–Crippen MR) is 174 cm³/mol. The molecule has 0 amide bonds. The number of aliphatic carboxylic acids is 1. The van der Waals surface area contributed by atoms with Gasteiger partial charge in [-0.25, -0.2) is 9.97 Å². The second kappa shape index (κ2) is 14.4. The number of carboxylic acids is 1. The molecule has 3 aromatic rings. The molecule has 9 heteroatoms. The van der Waals surface area contributed by atoms with Gasteiger partial charge in [-0.05, 0) is 95.1 Å². The maximum Gasteiger partial charge on any atom is 0.313 e. The Morgan fingerprint density at radius 1 is 1.05 bits per heavy atom. The summed E-state index contributed by atoms with van der Waals surface area (Å²) in [6, 6.07) is 8.59. The first-order chi connectivity index (χ1) is 21.2. The van der Waals surface area contributed by atoms with E-state index in [1.54, 1.807) is 20.0 Å². The van der Waals surface area contributed by atoms with Crippen molar-refractivity contribution in [1.29, 1.82) is 0 Å². The summed E-state index contributed by atoms with van der Waals surface area (Å²) in [6.07, 6.45) is 16.1. The van der Waals surface area contributed by atoms with E-state index in [9.17, 15) is 9.90 Å². The molecule has 2 fully saturated rings. The third-order valence-electron chi connectivity index (χ3n) is 10.5. The maximum atomic E-state index is 11.6. The fourth-order valence-corrected chi connectivity index (χ4v) is 7.31. The van der Waals surface area contributed by atoms with Crippen molar-refractivity contribution in [3.8, 4) is 0 Å². The van der Waals surface area contributed by atoms with Gasteiger partial charge in [-0.3, -0.25) is 4.79 Å². The van der Waals surface area contributed by atoms with E-state index in [4.69, 9.17) is 4.98 Å². The van der Waals surface area contributed by atoms with Crippen LogP contribution in [0.2, 0.25) is 0 Å². The molecule has 0 bridgehead atoms. The molecule has 9 nitrogen and oxygen atoms in total. The number of aromatic amines is 1. The lowest BCUT2D eigenvalue weighted by molar-refractivity contribution is -0.142. The lowest BCUT2D eigenvalue weighted by Crippen LogP contribution is -2.45. The largest absolute Gasteiger partial charge is 0.481 e. The smallest absolute Gasteiger partial charge is 0.313 e. The third-order valence-corrected chi connectivity index (χ3v) is 10.5. The Balaban J connectivity index is 1.12. The zero-order valence-electron chi connectivity index (χ0n) is 27.3. The van der Waals surface area contributed by atoms with E-state index in [1.807, 2.05) is 36.7 Å². The number of hydrogen-bond acceptors (Lipinski definition) is 6. The van der Waals surface area contributed by atoms with Crippen LogP contribution in [0.1, 0.15) is 95.0 Å². The second-order valence-corrected chi connectivity index (χ2v) is 13.7. The van der Waals surface area contributed by atoms with Crippen LogP contribution in [0.5, 0.6) is 0 Å². The minimum atomic E-state index is -0.916. The van der Waals surface area contributed by atoms with Gasteiger partial charge in [0.05, 0.1) is 11.5 Å². The average Bonchev–Trinajstić information content (AvgIpc) is 3.80. The summed E-state index contributed by atoms with van der Waals surface area (Å²) in [5, 5.41) is 13.2. The molecule has 3 N–H and O–H groups in total. The van der Waals surface area contributed by atoms with E-state index in [-0.39, 0.29) is 6.04 Å². The van der Waals surface area contributed by atoms with E-state index in [1.165, 1.54) is 58.3 Å². The summed E-state index contributed by atoms with van der Waals surface area (Å²) >= 11 is 0. The molecular formula is C35H53N7O2. The highest BCUT2D eigenvalue weighted by Gasteiger charge is 2.41. The van der Waals surface area contributed by atoms with Crippen LogP contribution >= 0.6 is 0 Å². The highest BCUT2D eigenvalue weighted by molar-refractivity contribution is 5.80. The lowest BCUT2D eigenvalue weighted by atomic mass is 9.77. The highest BCUT2D eigenvalue weighted by Crippen LogP contribution is 2.41. The third kappa shape index (κ3) is 7.61. The Morgan fingerprint density at radius 2 is 1.77 bits per heavy atom. The number of benzene rings is 1.